The molecule has 0 aliphatic carbocycles. The van der Waals surface area contributed by atoms with Crippen molar-refractivity contribution in [3.63, 3.8) is 0 Å². The molecule has 0 aliphatic rings. The average molecular weight is 305 g/mol. The van der Waals surface area contributed by atoms with Crippen LogP contribution in [0.5, 0.6) is 0 Å². The van der Waals surface area contributed by atoms with Crippen molar-refractivity contribution in [2.45, 2.75) is 33.4 Å². The van der Waals surface area contributed by atoms with Crippen molar-refractivity contribution < 1.29 is 4.79 Å². The molecule has 1 heterocycles. The van der Waals surface area contributed by atoms with E-state index in [1.165, 1.54) is 0 Å². The van der Waals surface area contributed by atoms with Gasteiger partial charge in [0.1, 0.15) is 0 Å². The molecule has 3 nitrogen and oxygen atoms in total. The Morgan fingerprint density at radius 3 is 2.69 bits per heavy atom. The predicted molar refractivity (Wildman–Crippen MR) is 71.3 cm³/mol. The predicted octanol–water partition coefficient (Wildman–Crippen LogP) is 2.50. The van der Waals surface area contributed by atoms with Crippen LogP contribution in [-0.2, 0) is 11.3 Å². The highest BCUT2D eigenvalue weighted by Gasteiger charge is 2.27. The van der Waals surface area contributed by atoms with E-state index in [0.717, 1.165) is 9.35 Å². The number of rotatable bonds is 3. The molecular formula is C11H17BrN2OS. The van der Waals surface area contributed by atoms with E-state index >= 15 is 0 Å². The van der Waals surface area contributed by atoms with Crippen LogP contribution in [0.4, 0.5) is 0 Å². The lowest BCUT2D eigenvalue weighted by Crippen LogP contribution is -2.48. The van der Waals surface area contributed by atoms with Gasteiger partial charge in [-0.15, -0.1) is 11.3 Å². The van der Waals surface area contributed by atoms with E-state index in [1.807, 2.05) is 32.2 Å². The van der Waals surface area contributed by atoms with Gasteiger partial charge >= 0.3 is 0 Å². The molecule has 0 radical (unpaired) electrons. The number of carbonyl (C=O) groups excluding carboxylic acids is 1. The summed E-state index contributed by atoms with van der Waals surface area (Å²) in [4.78, 5) is 12.9. The lowest BCUT2D eigenvalue weighted by Gasteiger charge is -2.25. The number of hydrogen-bond donors (Lipinski definition) is 2. The van der Waals surface area contributed by atoms with Crippen LogP contribution >= 0.6 is 27.3 Å². The molecule has 0 saturated heterocycles. The molecule has 1 aromatic rings. The average Bonchev–Trinajstić information content (AvgIpc) is 2.58. The molecule has 1 amide bonds. The summed E-state index contributed by atoms with van der Waals surface area (Å²) in [7, 11) is 0. The Bertz CT molecular complexity index is 370. The molecule has 1 atom stereocenters. The standard InChI is InChI=1S/C11H17BrN2OS/c1-11(2,3)9(13)10(15)14-6-8-7(12)4-5-16-8/h4-5,9H,6,13H2,1-3H3,(H,14,15)/t9-/m1/s1. The lowest BCUT2D eigenvalue weighted by atomic mass is 9.87. The first kappa shape index (κ1) is 13.7. The van der Waals surface area contributed by atoms with Gasteiger partial charge in [0, 0.05) is 9.35 Å². The largest absolute Gasteiger partial charge is 0.350 e. The van der Waals surface area contributed by atoms with E-state index in [1.54, 1.807) is 11.3 Å². The van der Waals surface area contributed by atoms with Gasteiger partial charge in [0.05, 0.1) is 12.6 Å². The van der Waals surface area contributed by atoms with Gasteiger partial charge in [-0.3, -0.25) is 4.79 Å². The van der Waals surface area contributed by atoms with Gasteiger partial charge in [0.2, 0.25) is 5.91 Å². The zero-order valence-electron chi connectivity index (χ0n) is 9.71. The fraction of sp³-hybridized carbons (Fsp3) is 0.545. The van der Waals surface area contributed by atoms with Crippen LogP contribution in [0.25, 0.3) is 0 Å². The zero-order valence-corrected chi connectivity index (χ0v) is 12.1. The Kier molecular flexibility index (Phi) is 4.52. The van der Waals surface area contributed by atoms with Crippen LogP contribution in [-0.4, -0.2) is 11.9 Å². The summed E-state index contributed by atoms with van der Waals surface area (Å²) in [6.07, 6.45) is 0. The summed E-state index contributed by atoms with van der Waals surface area (Å²) in [5.41, 5.74) is 5.64. The van der Waals surface area contributed by atoms with Crippen LogP contribution < -0.4 is 11.1 Å². The minimum Gasteiger partial charge on any atom is -0.350 e. The second-order valence-electron chi connectivity index (χ2n) is 4.75. The summed E-state index contributed by atoms with van der Waals surface area (Å²) in [5.74, 6) is -0.104. The van der Waals surface area contributed by atoms with E-state index < -0.39 is 6.04 Å². The van der Waals surface area contributed by atoms with Crippen LogP contribution in [0.3, 0.4) is 0 Å². The van der Waals surface area contributed by atoms with Gasteiger partial charge in [0.15, 0.2) is 0 Å². The summed E-state index contributed by atoms with van der Waals surface area (Å²) in [6.45, 7) is 6.40. The monoisotopic (exact) mass is 304 g/mol. The Labute approximate surface area is 109 Å². The highest BCUT2D eigenvalue weighted by Crippen LogP contribution is 2.22. The van der Waals surface area contributed by atoms with E-state index in [4.69, 9.17) is 5.73 Å². The van der Waals surface area contributed by atoms with Gasteiger partial charge in [-0.25, -0.2) is 0 Å². The lowest BCUT2D eigenvalue weighted by molar-refractivity contribution is -0.124. The maximum absolute atomic E-state index is 11.7. The van der Waals surface area contributed by atoms with E-state index in [-0.39, 0.29) is 11.3 Å². The van der Waals surface area contributed by atoms with Crippen molar-refractivity contribution >= 4 is 33.2 Å². The topological polar surface area (TPSA) is 55.1 Å². The summed E-state index contributed by atoms with van der Waals surface area (Å²) >= 11 is 5.03. The Morgan fingerprint density at radius 1 is 1.62 bits per heavy atom. The molecular weight excluding hydrogens is 288 g/mol. The van der Waals surface area contributed by atoms with Crippen LogP contribution in [0.2, 0.25) is 0 Å². The number of halogens is 1. The van der Waals surface area contributed by atoms with Crippen LogP contribution in [0, 0.1) is 5.41 Å². The highest BCUT2D eigenvalue weighted by atomic mass is 79.9. The Hall–Kier alpha value is -0.390. The molecule has 0 saturated carbocycles. The van der Waals surface area contributed by atoms with Gasteiger partial charge in [0.25, 0.3) is 0 Å². The van der Waals surface area contributed by atoms with Crippen LogP contribution in [0.15, 0.2) is 15.9 Å². The van der Waals surface area contributed by atoms with Gasteiger partial charge < -0.3 is 11.1 Å². The molecule has 0 aromatic carbocycles. The molecule has 90 valence electrons. The normalized spacial score (nSPS) is 13.6. The summed E-state index contributed by atoms with van der Waals surface area (Å²) < 4.78 is 1.03. The number of thiophene rings is 1. The van der Waals surface area contributed by atoms with Gasteiger partial charge in [-0.2, -0.15) is 0 Å². The maximum Gasteiger partial charge on any atom is 0.237 e. The quantitative estimate of drug-likeness (QED) is 0.901. The van der Waals surface area contributed by atoms with Crippen molar-refractivity contribution in [2.75, 3.05) is 0 Å². The number of carbonyl (C=O) groups is 1. The SMILES string of the molecule is CC(C)(C)[C@H](N)C(=O)NCc1sccc1Br. The Balaban J connectivity index is 2.51. The zero-order chi connectivity index (χ0) is 12.3. The first-order valence-corrected chi connectivity index (χ1v) is 6.75. The van der Waals surface area contributed by atoms with Crippen molar-refractivity contribution in [3.05, 3.63) is 20.8 Å². The smallest absolute Gasteiger partial charge is 0.237 e. The van der Waals surface area contributed by atoms with E-state index in [2.05, 4.69) is 21.2 Å². The molecule has 0 unspecified atom stereocenters. The number of amides is 1. The number of nitrogens with one attached hydrogen (secondary N) is 1. The van der Waals surface area contributed by atoms with Crippen LogP contribution in [0.1, 0.15) is 25.6 Å². The van der Waals surface area contributed by atoms with Crippen molar-refractivity contribution in [2.24, 2.45) is 11.1 Å². The molecule has 0 bridgehead atoms. The molecule has 0 fully saturated rings. The molecule has 5 heteroatoms. The minimum absolute atomic E-state index is 0.104. The number of nitrogens with two attached hydrogens (primary N) is 1. The fourth-order valence-corrected chi connectivity index (χ4v) is 2.55. The second-order valence-corrected chi connectivity index (χ2v) is 6.61. The first-order chi connectivity index (χ1) is 7.32. The summed E-state index contributed by atoms with van der Waals surface area (Å²) in [5, 5.41) is 4.83. The molecule has 1 rings (SSSR count). The van der Waals surface area contributed by atoms with E-state index in [0.29, 0.717) is 6.54 Å². The molecule has 0 aliphatic heterocycles. The molecule has 0 spiro atoms. The van der Waals surface area contributed by atoms with E-state index in [9.17, 15) is 4.79 Å². The second kappa shape index (κ2) is 5.29. The fourth-order valence-electron chi connectivity index (χ4n) is 1.12. The van der Waals surface area contributed by atoms with Crippen molar-refractivity contribution in [1.29, 1.82) is 0 Å². The first-order valence-electron chi connectivity index (χ1n) is 5.07. The molecule has 16 heavy (non-hydrogen) atoms. The third-order valence-corrected chi connectivity index (χ3v) is 4.26. The van der Waals surface area contributed by atoms with Crippen molar-refractivity contribution in [1.82, 2.24) is 5.32 Å². The number of hydrogen-bond acceptors (Lipinski definition) is 3. The maximum atomic E-state index is 11.7. The minimum atomic E-state index is -0.480. The Morgan fingerprint density at radius 2 is 2.25 bits per heavy atom. The van der Waals surface area contributed by atoms with Gasteiger partial charge in [-0.1, -0.05) is 20.8 Å². The third kappa shape index (κ3) is 3.57. The summed E-state index contributed by atoms with van der Waals surface area (Å²) in [6, 6.07) is 1.49. The molecule has 1 aromatic heterocycles. The molecule has 3 N–H and O–H groups in total. The highest BCUT2D eigenvalue weighted by molar-refractivity contribution is 9.10. The third-order valence-electron chi connectivity index (χ3n) is 2.33. The van der Waals surface area contributed by atoms with Crippen molar-refractivity contribution in [3.8, 4) is 0 Å². The van der Waals surface area contributed by atoms with Gasteiger partial charge in [-0.05, 0) is 32.8 Å².